The molecule has 10 aromatic rings. The summed E-state index contributed by atoms with van der Waals surface area (Å²) in [7, 11) is 0. The molecule has 2 aromatic heterocycles. The first kappa shape index (κ1) is 40.2. The largest absolute Gasteiger partial charge is 0.454 e. The molecule has 0 N–H and O–H groups in total. The predicted molar refractivity (Wildman–Crippen MR) is 279 cm³/mol. The lowest BCUT2D eigenvalue weighted by atomic mass is 9.79. The van der Waals surface area contributed by atoms with Gasteiger partial charge in [-0.25, -0.2) is 0 Å². The van der Waals surface area contributed by atoms with Gasteiger partial charge in [0.05, 0.1) is 23.1 Å². The van der Waals surface area contributed by atoms with E-state index < -0.39 is 0 Å². The van der Waals surface area contributed by atoms with E-state index in [9.17, 15) is 0 Å². The van der Waals surface area contributed by atoms with Gasteiger partial charge in [-0.15, -0.1) is 0 Å². The molecule has 2 aliphatic rings. The smallest absolute Gasteiger partial charge is 0.159 e. The van der Waals surface area contributed by atoms with E-state index >= 15 is 0 Å². The summed E-state index contributed by atoms with van der Waals surface area (Å²) in [6.45, 7) is 18.0. The van der Waals surface area contributed by atoms with E-state index in [1.165, 1.54) is 55.3 Å². The third kappa shape index (κ3) is 6.04. The lowest BCUT2D eigenvalue weighted by molar-refractivity contribution is 0.572. The molecule has 0 bridgehead atoms. The highest BCUT2D eigenvalue weighted by molar-refractivity contribution is 6.13. The Balaban J connectivity index is 1.09. The van der Waals surface area contributed by atoms with Crippen LogP contribution in [0.4, 0.5) is 28.4 Å². The Bertz CT molecular complexity index is 3690. The van der Waals surface area contributed by atoms with Gasteiger partial charge >= 0.3 is 0 Å². The van der Waals surface area contributed by atoms with Gasteiger partial charge in [0.25, 0.3) is 0 Å². The zero-order chi connectivity index (χ0) is 45.2. The molecule has 12 rings (SSSR count). The average molecular weight is 859 g/mol. The molecule has 0 amide bonds. The second-order valence-corrected chi connectivity index (χ2v) is 20.5. The molecule has 4 heteroatoms. The van der Waals surface area contributed by atoms with Crippen molar-refractivity contribution in [2.45, 2.75) is 78.7 Å². The highest BCUT2D eigenvalue weighted by Crippen LogP contribution is 2.53. The van der Waals surface area contributed by atoms with Crippen molar-refractivity contribution in [3.8, 4) is 0 Å². The third-order valence-corrected chi connectivity index (χ3v) is 14.3. The lowest BCUT2D eigenvalue weighted by Gasteiger charge is -2.38. The van der Waals surface area contributed by atoms with Gasteiger partial charge in [-0.05, 0) is 106 Å². The first-order valence-corrected chi connectivity index (χ1v) is 23.4. The molecule has 0 saturated heterocycles. The number of para-hydroxylation sites is 6. The summed E-state index contributed by atoms with van der Waals surface area (Å²) in [6.07, 6.45) is 8.01. The van der Waals surface area contributed by atoms with Gasteiger partial charge in [0.2, 0.25) is 0 Å². The maximum Gasteiger partial charge on any atom is 0.159 e. The SMILES string of the molecule is Cc1ccccc1N(c1ccc2ccc3c4c2c1CC=C4C=CC3N(c1ccccc1C)c1cccc2c1oc1c(C(C)(C)C)cccc12)c1cccc2c1oc1c(C(C)(C)C)cccc12. The fourth-order valence-electron chi connectivity index (χ4n) is 11.1. The highest BCUT2D eigenvalue weighted by atomic mass is 16.3. The summed E-state index contributed by atoms with van der Waals surface area (Å²) in [5.41, 5.74) is 19.1. The molecule has 2 aliphatic carbocycles. The quantitative estimate of drug-likeness (QED) is 0.167. The Labute approximate surface area is 387 Å². The minimum absolute atomic E-state index is 0.0778. The van der Waals surface area contributed by atoms with Crippen LogP contribution in [0, 0.1) is 13.8 Å². The minimum atomic E-state index is -0.119. The van der Waals surface area contributed by atoms with Crippen molar-refractivity contribution in [3.63, 3.8) is 0 Å². The Hall–Kier alpha value is -7.30. The Kier molecular flexibility index (Phi) is 8.90. The van der Waals surface area contributed by atoms with Crippen molar-refractivity contribution in [2.24, 2.45) is 0 Å². The molecule has 2 heterocycles. The second kappa shape index (κ2) is 14.6. The number of fused-ring (bicyclic) bond motifs is 6. The summed E-state index contributed by atoms with van der Waals surface area (Å²) < 4.78 is 14.2. The van der Waals surface area contributed by atoms with Crippen LogP contribution in [-0.4, -0.2) is 0 Å². The van der Waals surface area contributed by atoms with Gasteiger partial charge in [-0.1, -0.05) is 175 Å². The van der Waals surface area contributed by atoms with Crippen LogP contribution < -0.4 is 9.80 Å². The Morgan fingerprint density at radius 3 is 1.61 bits per heavy atom. The van der Waals surface area contributed by atoms with E-state index in [1.54, 1.807) is 0 Å². The molecule has 1 unspecified atom stereocenters. The summed E-state index contributed by atoms with van der Waals surface area (Å²) in [5, 5.41) is 7.10. The molecule has 324 valence electrons. The summed E-state index contributed by atoms with van der Waals surface area (Å²) in [5.74, 6) is 0. The predicted octanol–water partition coefficient (Wildman–Crippen LogP) is 17.7. The summed E-state index contributed by atoms with van der Waals surface area (Å²) in [6, 6.07) is 53.3. The van der Waals surface area contributed by atoms with Gasteiger partial charge in [0.1, 0.15) is 11.2 Å². The van der Waals surface area contributed by atoms with Crippen LogP contribution in [-0.2, 0) is 17.3 Å². The van der Waals surface area contributed by atoms with Crippen LogP contribution in [0.25, 0.3) is 60.2 Å². The standard InChI is InChI=1S/C62H54N2O2/c1-37-17-9-11-25-49(37)63(53-27-15-21-43-41-19-13-23-47(61(3,4)5)57(41)65-59(43)53)51-35-31-39-30-34-46-52(36-32-40-29-33-45(51)55(39)56(40)46)64(50-26-12-10-18-38(50)2)54-28-16-22-44-42-20-14-24-48(62(6,7)8)58(42)66-60(44)54/h9-33,35-36,51H,34H2,1-8H3. The summed E-state index contributed by atoms with van der Waals surface area (Å²) >= 11 is 0. The third-order valence-electron chi connectivity index (χ3n) is 14.3. The van der Waals surface area contributed by atoms with Crippen molar-refractivity contribution in [2.75, 3.05) is 9.80 Å². The zero-order valence-corrected chi connectivity index (χ0v) is 39.1. The highest BCUT2D eigenvalue weighted by Gasteiger charge is 2.34. The molecule has 0 aliphatic heterocycles. The molecule has 4 nitrogen and oxygen atoms in total. The van der Waals surface area contributed by atoms with E-state index in [-0.39, 0.29) is 16.9 Å². The maximum absolute atomic E-state index is 7.10. The monoisotopic (exact) mass is 858 g/mol. The van der Waals surface area contributed by atoms with Crippen LogP contribution in [0.5, 0.6) is 0 Å². The Morgan fingerprint density at radius 2 is 1.00 bits per heavy atom. The number of benzene rings is 8. The van der Waals surface area contributed by atoms with Gasteiger partial charge in [0, 0.05) is 44.0 Å². The number of hydrogen-bond acceptors (Lipinski definition) is 4. The number of anilines is 5. The molecule has 8 aromatic carbocycles. The fourth-order valence-corrected chi connectivity index (χ4v) is 11.1. The molecular formula is C62H54N2O2. The van der Waals surface area contributed by atoms with Gasteiger partial charge in [-0.3, -0.25) is 0 Å². The van der Waals surface area contributed by atoms with Crippen LogP contribution in [0.1, 0.15) is 86.5 Å². The van der Waals surface area contributed by atoms with Crippen LogP contribution in [0.2, 0.25) is 0 Å². The van der Waals surface area contributed by atoms with E-state index in [0.717, 1.165) is 78.7 Å². The maximum atomic E-state index is 7.10. The average Bonchev–Trinajstić information content (AvgIpc) is 3.89. The number of hydrogen-bond donors (Lipinski definition) is 0. The zero-order valence-electron chi connectivity index (χ0n) is 39.1. The molecule has 0 radical (unpaired) electrons. The van der Waals surface area contributed by atoms with Crippen molar-refractivity contribution in [1.29, 1.82) is 0 Å². The number of aryl methyl sites for hydroxylation is 2. The molecule has 66 heavy (non-hydrogen) atoms. The van der Waals surface area contributed by atoms with Crippen molar-refractivity contribution >= 4 is 88.7 Å². The van der Waals surface area contributed by atoms with E-state index in [4.69, 9.17) is 8.83 Å². The van der Waals surface area contributed by atoms with Crippen molar-refractivity contribution in [1.82, 2.24) is 0 Å². The van der Waals surface area contributed by atoms with Crippen LogP contribution in [0.3, 0.4) is 0 Å². The van der Waals surface area contributed by atoms with Gasteiger partial charge < -0.3 is 18.6 Å². The number of furan rings is 2. The fraction of sp³-hybridized carbons (Fsp3) is 0.194. The van der Waals surface area contributed by atoms with Gasteiger partial charge in [0.15, 0.2) is 11.2 Å². The molecule has 0 saturated carbocycles. The number of rotatable bonds is 6. The normalized spacial score (nSPS) is 14.8. The lowest BCUT2D eigenvalue weighted by Crippen LogP contribution is -2.26. The molecule has 1 atom stereocenters. The molecule has 0 fully saturated rings. The van der Waals surface area contributed by atoms with E-state index in [1.807, 2.05) is 0 Å². The second-order valence-electron chi connectivity index (χ2n) is 20.5. The molecular weight excluding hydrogens is 805 g/mol. The minimum Gasteiger partial charge on any atom is -0.454 e. The Morgan fingerprint density at radius 1 is 0.485 bits per heavy atom. The first-order valence-electron chi connectivity index (χ1n) is 23.4. The van der Waals surface area contributed by atoms with E-state index in [2.05, 4.69) is 229 Å². The van der Waals surface area contributed by atoms with E-state index in [0.29, 0.717) is 0 Å². The number of allylic oxidation sites excluding steroid dienone is 3. The number of nitrogens with zero attached hydrogens (tertiary/aromatic N) is 2. The topological polar surface area (TPSA) is 32.8 Å². The summed E-state index contributed by atoms with van der Waals surface area (Å²) in [4.78, 5) is 4.99. The van der Waals surface area contributed by atoms with Crippen LogP contribution >= 0.6 is 0 Å². The molecule has 0 spiro atoms. The van der Waals surface area contributed by atoms with Crippen molar-refractivity contribution < 1.29 is 8.83 Å². The van der Waals surface area contributed by atoms with Crippen LogP contribution in [0.15, 0.2) is 173 Å². The van der Waals surface area contributed by atoms with Crippen molar-refractivity contribution in [3.05, 3.63) is 203 Å². The first-order chi connectivity index (χ1) is 31.9. The van der Waals surface area contributed by atoms with Gasteiger partial charge in [-0.2, -0.15) is 0 Å².